The number of rotatable bonds is 4. The summed E-state index contributed by atoms with van der Waals surface area (Å²) in [5.41, 5.74) is 1.54. The number of nitro groups is 1. The predicted octanol–water partition coefficient (Wildman–Crippen LogP) is 2.81. The Labute approximate surface area is 88.5 Å². The van der Waals surface area contributed by atoms with Crippen molar-refractivity contribution in [2.24, 2.45) is 5.41 Å². The molecule has 0 aliphatic heterocycles. The van der Waals surface area contributed by atoms with Crippen molar-refractivity contribution < 1.29 is 4.92 Å². The van der Waals surface area contributed by atoms with Crippen LogP contribution in [0.1, 0.15) is 19.8 Å². The first kappa shape index (κ1) is 9.96. The Morgan fingerprint density at radius 2 is 2.00 bits per heavy atom. The number of nitrogens with zero attached hydrogens (tertiary/aromatic N) is 1. The van der Waals surface area contributed by atoms with Gasteiger partial charge < -0.3 is 5.32 Å². The van der Waals surface area contributed by atoms with Crippen LogP contribution in [0.25, 0.3) is 0 Å². The normalized spacial score (nSPS) is 17.1. The van der Waals surface area contributed by atoms with E-state index in [1.165, 1.54) is 25.0 Å². The molecule has 0 heterocycles. The van der Waals surface area contributed by atoms with E-state index < -0.39 is 0 Å². The first-order valence-electron chi connectivity index (χ1n) is 5.07. The number of hydrogen-bond acceptors (Lipinski definition) is 3. The molecule has 1 aromatic carbocycles. The Morgan fingerprint density at radius 1 is 1.40 bits per heavy atom. The molecule has 4 nitrogen and oxygen atoms in total. The molecule has 1 aliphatic carbocycles. The van der Waals surface area contributed by atoms with Gasteiger partial charge in [0.05, 0.1) is 4.92 Å². The van der Waals surface area contributed by atoms with Crippen molar-refractivity contribution in [1.82, 2.24) is 0 Å². The second-order valence-electron chi connectivity index (χ2n) is 4.47. The summed E-state index contributed by atoms with van der Waals surface area (Å²) >= 11 is 0. The number of benzene rings is 1. The summed E-state index contributed by atoms with van der Waals surface area (Å²) < 4.78 is 0. The van der Waals surface area contributed by atoms with Crippen LogP contribution in [-0.2, 0) is 0 Å². The van der Waals surface area contributed by atoms with Crippen molar-refractivity contribution in [2.45, 2.75) is 19.8 Å². The van der Waals surface area contributed by atoms with E-state index in [1.807, 2.05) is 0 Å². The van der Waals surface area contributed by atoms with Gasteiger partial charge in [0, 0.05) is 24.4 Å². The smallest absolute Gasteiger partial charge is 0.269 e. The Bertz CT molecular complexity index is 369. The molecule has 0 radical (unpaired) electrons. The summed E-state index contributed by atoms with van der Waals surface area (Å²) in [5, 5.41) is 13.7. The average molecular weight is 206 g/mol. The highest BCUT2D eigenvalue weighted by molar-refractivity contribution is 5.48. The molecule has 1 N–H and O–H groups in total. The Morgan fingerprint density at radius 3 is 2.47 bits per heavy atom. The van der Waals surface area contributed by atoms with Crippen LogP contribution in [0.4, 0.5) is 11.4 Å². The lowest BCUT2D eigenvalue weighted by Crippen LogP contribution is -2.11. The van der Waals surface area contributed by atoms with Crippen LogP contribution in [-0.4, -0.2) is 11.5 Å². The maximum absolute atomic E-state index is 10.4. The zero-order chi connectivity index (χ0) is 10.9. The maximum Gasteiger partial charge on any atom is 0.269 e. The van der Waals surface area contributed by atoms with E-state index in [2.05, 4.69) is 12.2 Å². The second-order valence-corrected chi connectivity index (χ2v) is 4.47. The molecular formula is C11H14N2O2. The molecule has 2 rings (SSSR count). The molecule has 0 spiro atoms. The van der Waals surface area contributed by atoms with Gasteiger partial charge in [0.15, 0.2) is 0 Å². The van der Waals surface area contributed by atoms with Crippen LogP contribution in [0.15, 0.2) is 24.3 Å². The average Bonchev–Trinajstić information content (AvgIpc) is 2.95. The van der Waals surface area contributed by atoms with Gasteiger partial charge in [-0.15, -0.1) is 0 Å². The quantitative estimate of drug-likeness (QED) is 0.608. The molecule has 80 valence electrons. The lowest BCUT2D eigenvalue weighted by atomic mass is 10.1. The molecule has 1 saturated carbocycles. The zero-order valence-corrected chi connectivity index (χ0v) is 8.69. The Hall–Kier alpha value is -1.58. The number of nitrogens with one attached hydrogen (secondary N) is 1. The molecule has 1 aromatic rings. The van der Waals surface area contributed by atoms with E-state index in [0.717, 1.165) is 12.2 Å². The van der Waals surface area contributed by atoms with Crippen LogP contribution in [0.2, 0.25) is 0 Å². The minimum absolute atomic E-state index is 0.137. The van der Waals surface area contributed by atoms with Crippen LogP contribution < -0.4 is 5.32 Å². The third kappa shape index (κ3) is 2.46. The standard InChI is InChI=1S/C11H14N2O2/c1-11(6-7-11)8-12-9-2-4-10(5-3-9)13(14)15/h2-5,12H,6-8H2,1H3. The minimum atomic E-state index is -0.383. The first-order chi connectivity index (χ1) is 7.09. The third-order valence-electron chi connectivity index (χ3n) is 2.90. The summed E-state index contributed by atoms with van der Waals surface area (Å²) in [6.45, 7) is 3.19. The number of hydrogen-bond donors (Lipinski definition) is 1. The molecule has 1 fully saturated rings. The summed E-state index contributed by atoms with van der Waals surface area (Å²) in [5.74, 6) is 0. The van der Waals surface area contributed by atoms with Gasteiger partial charge in [-0.1, -0.05) is 6.92 Å². The third-order valence-corrected chi connectivity index (χ3v) is 2.90. The van der Waals surface area contributed by atoms with Gasteiger partial charge in [0.2, 0.25) is 0 Å². The molecule has 4 heteroatoms. The van der Waals surface area contributed by atoms with Crippen molar-refractivity contribution in [3.63, 3.8) is 0 Å². The highest BCUT2D eigenvalue weighted by atomic mass is 16.6. The van der Waals surface area contributed by atoms with Gasteiger partial charge in [0.1, 0.15) is 0 Å². The lowest BCUT2D eigenvalue weighted by molar-refractivity contribution is -0.384. The van der Waals surface area contributed by atoms with E-state index >= 15 is 0 Å². The molecule has 0 saturated heterocycles. The van der Waals surface area contributed by atoms with Gasteiger partial charge in [-0.05, 0) is 30.4 Å². The van der Waals surface area contributed by atoms with Crippen molar-refractivity contribution in [3.8, 4) is 0 Å². The Balaban J connectivity index is 1.95. The lowest BCUT2D eigenvalue weighted by Gasteiger charge is -2.10. The van der Waals surface area contributed by atoms with Gasteiger partial charge in [0.25, 0.3) is 5.69 Å². The summed E-state index contributed by atoms with van der Waals surface area (Å²) in [7, 11) is 0. The van der Waals surface area contributed by atoms with Crippen molar-refractivity contribution in [1.29, 1.82) is 0 Å². The SMILES string of the molecule is CC1(CNc2ccc([N+](=O)[O-])cc2)CC1. The van der Waals surface area contributed by atoms with E-state index in [4.69, 9.17) is 0 Å². The number of non-ortho nitro benzene ring substituents is 1. The topological polar surface area (TPSA) is 55.2 Å². The first-order valence-corrected chi connectivity index (χ1v) is 5.07. The molecule has 0 amide bonds. The fourth-order valence-electron chi connectivity index (χ4n) is 1.41. The molecule has 0 unspecified atom stereocenters. The number of anilines is 1. The van der Waals surface area contributed by atoms with E-state index in [1.54, 1.807) is 12.1 Å². The van der Waals surface area contributed by atoms with Crippen molar-refractivity contribution in [2.75, 3.05) is 11.9 Å². The van der Waals surface area contributed by atoms with Crippen LogP contribution >= 0.6 is 0 Å². The van der Waals surface area contributed by atoms with E-state index in [9.17, 15) is 10.1 Å². The van der Waals surface area contributed by atoms with Gasteiger partial charge in [-0.2, -0.15) is 0 Å². The molecule has 1 aliphatic rings. The highest BCUT2D eigenvalue weighted by Gasteiger charge is 2.36. The Kier molecular flexibility index (Phi) is 2.34. The van der Waals surface area contributed by atoms with Gasteiger partial charge in [-0.3, -0.25) is 10.1 Å². The fourth-order valence-corrected chi connectivity index (χ4v) is 1.41. The van der Waals surface area contributed by atoms with E-state index in [0.29, 0.717) is 5.41 Å². The summed E-state index contributed by atoms with van der Waals surface area (Å²) in [6, 6.07) is 6.56. The molecule has 15 heavy (non-hydrogen) atoms. The van der Waals surface area contributed by atoms with Crippen LogP contribution in [0.5, 0.6) is 0 Å². The second kappa shape index (κ2) is 3.53. The number of nitro benzene ring substituents is 1. The molecular weight excluding hydrogens is 192 g/mol. The monoisotopic (exact) mass is 206 g/mol. The van der Waals surface area contributed by atoms with E-state index in [-0.39, 0.29) is 10.6 Å². The van der Waals surface area contributed by atoms with Gasteiger partial charge in [-0.25, -0.2) is 0 Å². The molecule has 0 aromatic heterocycles. The largest absolute Gasteiger partial charge is 0.384 e. The van der Waals surface area contributed by atoms with Crippen molar-refractivity contribution in [3.05, 3.63) is 34.4 Å². The minimum Gasteiger partial charge on any atom is -0.384 e. The van der Waals surface area contributed by atoms with Crippen molar-refractivity contribution >= 4 is 11.4 Å². The maximum atomic E-state index is 10.4. The molecule has 0 bridgehead atoms. The highest BCUT2D eigenvalue weighted by Crippen LogP contribution is 2.44. The van der Waals surface area contributed by atoms with Gasteiger partial charge >= 0.3 is 0 Å². The predicted molar refractivity (Wildman–Crippen MR) is 58.9 cm³/mol. The fraction of sp³-hybridized carbons (Fsp3) is 0.455. The molecule has 0 atom stereocenters. The zero-order valence-electron chi connectivity index (χ0n) is 8.69. The summed E-state index contributed by atoms with van der Waals surface area (Å²) in [4.78, 5) is 10.0. The van der Waals surface area contributed by atoms with Crippen LogP contribution in [0.3, 0.4) is 0 Å². The summed E-state index contributed by atoms with van der Waals surface area (Å²) in [6.07, 6.45) is 2.54. The van der Waals surface area contributed by atoms with Crippen LogP contribution in [0, 0.1) is 15.5 Å².